The summed E-state index contributed by atoms with van der Waals surface area (Å²) in [6, 6.07) is 9.43. The first-order valence-electron chi connectivity index (χ1n) is 6.94. The molecule has 0 aliphatic heterocycles. The quantitative estimate of drug-likeness (QED) is 0.692. The lowest BCUT2D eigenvalue weighted by Crippen LogP contribution is -2.05. The predicted octanol–water partition coefficient (Wildman–Crippen LogP) is 3.84. The van der Waals surface area contributed by atoms with E-state index in [1.165, 1.54) is 12.1 Å². The minimum absolute atomic E-state index is 0.204. The molecular formula is C15H12Cl2FN5O. The van der Waals surface area contributed by atoms with Crippen LogP contribution >= 0.6 is 23.2 Å². The molecule has 0 atom stereocenters. The molecule has 3 aromatic rings. The number of H-pyrrole nitrogens is 1. The molecule has 0 saturated carbocycles. The molecule has 124 valence electrons. The van der Waals surface area contributed by atoms with E-state index in [1.807, 2.05) is 0 Å². The molecule has 2 N–H and O–H groups in total. The molecule has 1 aromatic heterocycles. The van der Waals surface area contributed by atoms with Crippen molar-refractivity contribution in [2.45, 2.75) is 13.2 Å². The number of tetrazole rings is 1. The topological polar surface area (TPSA) is 75.7 Å². The van der Waals surface area contributed by atoms with Crippen molar-refractivity contribution in [1.82, 2.24) is 20.6 Å². The second kappa shape index (κ2) is 7.46. The average molecular weight is 368 g/mol. The summed E-state index contributed by atoms with van der Waals surface area (Å²) >= 11 is 12.1. The highest BCUT2D eigenvalue weighted by Gasteiger charge is 2.09. The normalized spacial score (nSPS) is 10.6. The Morgan fingerprint density at radius 3 is 2.75 bits per heavy atom. The Hall–Kier alpha value is -2.38. The molecule has 3 rings (SSSR count). The monoisotopic (exact) mass is 367 g/mol. The number of hydrogen-bond acceptors (Lipinski definition) is 5. The van der Waals surface area contributed by atoms with Gasteiger partial charge in [-0.05, 0) is 35.5 Å². The van der Waals surface area contributed by atoms with Gasteiger partial charge < -0.3 is 10.1 Å². The summed E-state index contributed by atoms with van der Waals surface area (Å²) in [6.45, 7) is 0.600. The zero-order valence-electron chi connectivity index (χ0n) is 12.3. The van der Waals surface area contributed by atoms with Gasteiger partial charge in [-0.2, -0.15) is 5.21 Å². The highest BCUT2D eigenvalue weighted by Crippen LogP contribution is 2.26. The molecule has 0 bridgehead atoms. The SMILES string of the molecule is Fc1ccc(COc2ccc(Cl)cc2CNc2nn[nH]n2)c(Cl)c1. The number of aromatic nitrogens is 4. The Kier molecular flexibility index (Phi) is 5.12. The van der Waals surface area contributed by atoms with E-state index in [0.29, 0.717) is 33.9 Å². The number of ether oxygens (including phenoxy) is 1. The summed E-state index contributed by atoms with van der Waals surface area (Å²) < 4.78 is 18.9. The number of aromatic amines is 1. The summed E-state index contributed by atoms with van der Waals surface area (Å²) in [5.41, 5.74) is 1.50. The lowest BCUT2D eigenvalue weighted by Gasteiger charge is -2.13. The Labute approximate surface area is 146 Å². The second-order valence-corrected chi connectivity index (χ2v) is 5.71. The standard InChI is InChI=1S/C15H12Cl2FN5O/c16-11-2-4-14(10(5-11)7-19-15-20-22-23-21-15)24-8-9-1-3-12(18)6-13(9)17/h1-6H,7-8H2,(H2,19,20,21,22,23). The van der Waals surface area contributed by atoms with Crippen LogP contribution in [-0.2, 0) is 13.2 Å². The average Bonchev–Trinajstić information content (AvgIpc) is 3.07. The summed E-state index contributed by atoms with van der Waals surface area (Å²) in [6.07, 6.45) is 0. The molecule has 0 fully saturated rings. The highest BCUT2D eigenvalue weighted by molar-refractivity contribution is 6.31. The number of rotatable bonds is 6. The fraction of sp³-hybridized carbons (Fsp3) is 0.133. The van der Waals surface area contributed by atoms with Gasteiger partial charge in [0.15, 0.2) is 0 Å². The Morgan fingerprint density at radius 2 is 2.00 bits per heavy atom. The first-order chi connectivity index (χ1) is 11.6. The number of anilines is 1. The molecule has 6 nitrogen and oxygen atoms in total. The van der Waals surface area contributed by atoms with E-state index in [9.17, 15) is 4.39 Å². The van der Waals surface area contributed by atoms with Gasteiger partial charge in [0.05, 0.1) is 5.02 Å². The van der Waals surface area contributed by atoms with Crippen molar-refractivity contribution < 1.29 is 9.13 Å². The van der Waals surface area contributed by atoms with Gasteiger partial charge >= 0.3 is 0 Å². The Bertz CT molecular complexity index is 829. The molecule has 0 unspecified atom stereocenters. The summed E-state index contributed by atoms with van der Waals surface area (Å²) in [4.78, 5) is 0. The van der Waals surface area contributed by atoms with Crippen LogP contribution in [0.15, 0.2) is 36.4 Å². The molecule has 0 saturated heterocycles. The van der Waals surface area contributed by atoms with E-state index in [0.717, 1.165) is 5.56 Å². The number of hydrogen-bond donors (Lipinski definition) is 2. The maximum Gasteiger partial charge on any atom is 0.263 e. The van der Waals surface area contributed by atoms with Crippen molar-refractivity contribution in [1.29, 1.82) is 0 Å². The molecule has 0 aliphatic carbocycles. The van der Waals surface area contributed by atoms with Crippen LogP contribution in [0.1, 0.15) is 11.1 Å². The van der Waals surface area contributed by atoms with Gasteiger partial charge in [0.2, 0.25) is 0 Å². The van der Waals surface area contributed by atoms with Crippen molar-refractivity contribution in [2.24, 2.45) is 0 Å². The van der Waals surface area contributed by atoms with E-state index in [4.69, 9.17) is 27.9 Å². The Morgan fingerprint density at radius 1 is 1.12 bits per heavy atom. The lowest BCUT2D eigenvalue weighted by molar-refractivity contribution is 0.303. The molecule has 9 heteroatoms. The molecule has 2 aromatic carbocycles. The molecule has 0 amide bonds. The van der Waals surface area contributed by atoms with Gasteiger partial charge in [-0.3, -0.25) is 0 Å². The van der Waals surface area contributed by atoms with Crippen LogP contribution in [-0.4, -0.2) is 20.6 Å². The third kappa shape index (κ3) is 4.12. The smallest absolute Gasteiger partial charge is 0.263 e. The first-order valence-corrected chi connectivity index (χ1v) is 7.70. The molecule has 0 aliphatic rings. The molecule has 1 heterocycles. The van der Waals surface area contributed by atoms with Crippen molar-refractivity contribution in [3.63, 3.8) is 0 Å². The molecule has 0 spiro atoms. The summed E-state index contributed by atoms with van der Waals surface area (Å²) in [7, 11) is 0. The van der Waals surface area contributed by atoms with Crippen molar-refractivity contribution >= 4 is 29.2 Å². The van der Waals surface area contributed by atoms with Crippen LogP contribution in [0, 0.1) is 5.82 Å². The zero-order chi connectivity index (χ0) is 16.9. The van der Waals surface area contributed by atoms with Gasteiger partial charge in [-0.1, -0.05) is 34.4 Å². The molecule has 24 heavy (non-hydrogen) atoms. The van der Waals surface area contributed by atoms with Gasteiger partial charge in [0.1, 0.15) is 18.2 Å². The molecule has 0 radical (unpaired) electrons. The van der Waals surface area contributed by atoms with Crippen molar-refractivity contribution in [3.8, 4) is 5.75 Å². The van der Waals surface area contributed by atoms with Crippen LogP contribution in [0.25, 0.3) is 0 Å². The van der Waals surface area contributed by atoms with Crippen LogP contribution < -0.4 is 10.1 Å². The fourth-order valence-electron chi connectivity index (χ4n) is 2.03. The van der Waals surface area contributed by atoms with Gasteiger partial charge in [0.25, 0.3) is 5.95 Å². The highest BCUT2D eigenvalue weighted by atomic mass is 35.5. The number of halogens is 3. The fourth-order valence-corrected chi connectivity index (χ4v) is 2.45. The van der Waals surface area contributed by atoms with Crippen LogP contribution in [0.3, 0.4) is 0 Å². The first kappa shape index (κ1) is 16.5. The van der Waals surface area contributed by atoms with E-state index >= 15 is 0 Å². The molecular weight excluding hydrogens is 356 g/mol. The third-order valence-corrected chi connectivity index (χ3v) is 3.79. The predicted molar refractivity (Wildman–Crippen MR) is 88.7 cm³/mol. The summed E-state index contributed by atoms with van der Waals surface area (Å²) in [5.74, 6) is 0.596. The van der Waals surface area contributed by atoms with E-state index in [-0.39, 0.29) is 12.4 Å². The minimum Gasteiger partial charge on any atom is -0.488 e. The van der Waals surface area contributed by atoms with Crippen LogP contribution in [0.4, 0.5) is 10.3 Å². The van der Waals surface area contributed by atoms with Crippen molar-refractivity contribution in [2.75, 3.05) is 5.32 Å². The van der Waals surface area contributed by atoms with E-state index < -0.39 is 0 Å². The minimum atomic E-state index is -0.389. The van der Waals surface area contributed by atoms with Gasteiger partial charge in [0, 0.05) is 22.7 Å². The van der Waals surface area contributed by atoms with E-state index in [1.54, 1.807) is 24.3 Å². The zero-order valence-corrected chi connectivity index (χ0v) is 13.8. The van der Waals surface area contributed by atoms with Crippen molar-refractivity contribution in [3.05, 3.63) is 63.4 Å². The number of nitrogens with zero attached hydrogens (tertiary/aromatic N) is 3. The van der Waals surface area contributed by atoms with Gasteiger partial charge in [-0.25, -0.2) is 4.39 Å². The number of benzene rings is 2. The Balaban J connectivity index is 1.72. The largest absolute Gasteiger partial charge is 0.488 e. The van der Waals surface area contributed by atoms with Crippen LogP contribution in [0.5, 0.6) is 5.75 Å². The maximum atomic E-state index is 13.1. The second-order valence-electron chi connectivity index (χ2n) is 4.87. The van der Waals surface area contributed by atoms with Gasteiger partial charge in [-0.15, -0.1) is 5.10 Å². The summed E-state index contributed by atoms with van der Waals surface area (Å²) in [5, 5.41) is 17.3. The lowest BCUT2D eigenvalue weighted by atomic mass is 10.2. The van der Waals surface area contributed by atoms with Crippen LogP contribution in [0.2, 0.25) is 10.0 Å². The maximum absolute atomic E-state index is 13.1. The third-order valence-electron chi connectivity index (χ3n) is 3.20. The number of nitrogens with one attached hydrogen (secondary N) is 2. The van der Waals surface area contributed by atoms with E-state index in [2.05, 4.69) is 25.9 Å².